The summed E-state index contributed by atoms with van der Waals surface area (Å²) in [5.74, 6) is 1.19. The predicted octanol–water partition coefficient (Wildman–Crippen LogP) is 16.4. The second-order valence-corrected chi connectivity index (χ2v) is 35.7. The van der Waals surface area contributed by atoms with Crippen LogP contribution in [0.3, 0.4) is 0 Å². The number of carbonyl (C=O) groups excluding carboxylic acids is 10. The molecule has 0 atom stereocenters. The van der Waals surface area contributed by atoms with Crippen LogP contribution in [-0.4, -0.2) is 181 Å². The molecule has 0 spiro atoms. The van der Waals surface area contributed by atoms with Crippen molar-refractivity contribution in [1.29, 1.82) is 0 Å². The van der Waals surface area contributed by atoms with Gasteiger partial charge >= 0.3 is 116 Å². The van der Waals surface area contributed by atoms with Crippen molar-refractivity contribution in [2.75, 3.05) is 39.6 Å². The van der Waals surface area contributed by atoms with Gasteiger partial charge in [-0.25, -0.2) is 14.4 Å². The van der Waals surface area contributed by atoms with E-state index in [-0.39, 0.29) is 102 Å². The number of fused-ring (bicyclic) bond motifs is 3. The van der Waals surface area contributed by atoms with Crippen LogP contribution < -0.4 is 9.47 Å². The molecule has 0 radical (unpaired) electrons. The molecule has 26 nitrogen and oxygen atoms in total. The van der Waals surface area contributed by atoms with Crippen LogP contribution in [0.15, 0.2) is 129 Å². The number of carboxylic acid groups (broad SMARTS) is 1. The molecule has 3 N–H and O–H groups in total. The van der Waals surface area contributed by atoms with Gasteiger partial charge in [0.25, 0.3) is 0 Å². The fraction of sp³-hybridized carbons (Fsp3) is 0.531. The van der Waals surface area contributed by atoms with E-state index in [9.17, 15) is 63.0 Å². The molecule has 126 heavy (non-hydrogen) atoms. The number of ether oxygens (including phenoxy) is 8. The molecule has 0 aromatic heterocycles. The van der Waals surface area contributed by atoms with Crippen molar-refractivity contribution in [3.8, 4) is 23.0 Å². The number of aliphatic carboxylic acids is 1. The number of benzene rings is 5. The Morgan fingerprint density at radius 1 is 0.357 bits per heavy atom. The molecule has 6 fully saturated rings. The number of allylic oxidation sites excluding steroid dienone is 2. The first-order valence-corrected chi connectivity index (χ1v) is 55.3. The standard InChI is InChI=1S/C53H70O12.C21H32O6.C11H10O2.C11H8O2.2Na.O4S2/c1-4-47(54)60-31-6-8-33-62-50(56)40-21-13-36(14-22-40)38-17-25-42(26-18-38)52(58)64-45-29-30-46(49-35(3)11-10-12-44(45)49)65-53(59)43-27-19-39(20-28-43)37-15-23-41(24-16-37)51(57)63-34-9-7-32-61-48(55)5-2;1-2-19(22)26-13-3-4-14-27-21(25)18-11-7-16(8-12-18)15-5-9-17(10-6-15)20(23)24;2*1-7-3-2-4-8-9(12)5-6-10(13)11(7)8;;;1-5(2)6(3)4/h4-5,10-12,29-30,36-43H,1-2,6-9,13-28,31-34H2,3H3;2,15-18H,1,3-14H2,(H,23,24);2-6,12-13H,1H3;2-6H,1H3;;;. The zero-order valence-corrected chi connectivity index (χ0v) is 79.1. The van der Waals surface area contributed by atoms with Crippen molar-refractivity contribution >= 4 is 149 Å². The number of ketones is 2. The summed E-state index contributed by atoms with van der Waals surface area (Å²) in [6.45, 7) is 17.7. The molecule has 30 heteroatoms. The van der Waals surface area contributed by atoms with Crippen LogP contribution in [0.1, 0.15) is 230 Å². The molecular formula is C96H120Na2O26S2. The number of phenolic OH excluding ortho intramolecular Hbond substituents is 2. The Bertz CT molecular complexity index is 4820. The predicted molar refractivity (Wildman–Crippen MR) is 475 cm³/mol. The Labute approximate surface area is 769 Å². The molecule has 5 aromatic rings. The summed E-state index contributed by atoms with van der Waals surface area (Å²) in [6.07, 6.45) is 31.6. The van der Waals surface area contributed by atoms with Gasteiger partial charge in [-0.15, -0.1) is 0 Å². The summed E-state index contributed by atoms with van der Waals surface area (Å²) in [5, 5.41) is 31.1. The molecule has 5 aromatic carbocycles. The quantitative estimate of drug-likeness (QED) is 0.00761. The first-order chi connectivity index (χ1) is 60.6. The van der Waals surface area contributed by atoms with Crippen LogP contribution >= 0.6 is 0 Å². The van der Waals surface area contributed by atoms with Gasteiger partial charge in [-0.05, 0) is 302 Å². The van der Waals surface area contributed by atoms with Crippen molar-refractivity contribution in [2.24, 2.45) is 71.0 Å². The number of hydrogen-bond donors (Lipinski definition) is 3. The molecule has 0 amide bonds. The fourth-order valence-corrected chi connectivity index (χ4v) is 18.3. The van der Waals surface area contributed by atoms with Crippen LogP contribution in [-0.2, 0) is 90.1 Å². The van der Waals surface area contributed by atoms with Crippen LogP contribution in [0, 0.1) is 91.8 Å². The average molecular weight is 1800 g/mol. The summed E-state index contributed by atoms with van der Waals surface area (Å²) >= 11 is 2.89. The molecule has 674 valence electrons. The van der Waals surface area contributed by atoms with E-state index in [0.29, 0.717) is 128 Å². The number of aryl methyl sites for hydroxylation is 3. The number of unbranched alkanes of at least 4 members (excludes halogenated alkanes) is 3. The molecule has 0 heterocycles. The Hall–Kier alpha value is -8.61. The number of rotatable bonds is 29. The third kappa shape index (κ3) is 33.2. The molecule has 0 saturated heterocycles. The second-order valence-electron chi connectivity index (χ2n) is 33.2. The van der Waals surface area contributed by atoms with Crippen molar-refractivity contribution in [3.63, 3.8) is 0 Å². The summed E-state index contributed by atoms with van der Waals surface area (Å²) in [6, 6.07) is 23.2. The second kappa shape index (κ2) is 55.3. The van der Waals surface area contributed by atoms with E-state index in [4.69, 9.17) is 59.8 Å². The van der Waals surface area contributed by atoms with E-state index >= 15 is 0 Å². The molecule has 0 bridgehead atoms. The van der Waals surface area contributed by atoms with Crippen molar-refractivity contribution in [2.45, 2.75) is 213 Å². The van der Waals surface area contributed by atoms with E-state index in [1.807, 2.05) is 57.2 Å². The maximum absolute atomic E-state index is 13.6. The van der Waals surface area contributed by atoms with Gasteiger partial charge in [-0.2, -0.15) is 16.8 Å². The van der Waals surface area contributed by atoms with Crippen molar-refractivity contribution in [1.82, 2.24) is 0 Å². The zero-order chi connectivity index (χ0) is 91.8. The number of esters is 8. The monoisotopic (exact) mass is 1800 g/mol. The van der Waals surface area contributed by atoms with Gasteiger partial charge in [0.2, 0.25) is 0 Å². The van der Waals surface area contributed by atoms with E-state index in [1.165, 1.54) is 67.9 Å². The summed E-state index contributed by atoms with van der Waals surface area (Å²) < 4.78 is 79.8. The molecule has 0 unspecified atom stereocenters. The van der Waals surface area contributed by atoms with E-state index < -0.39 is 42.4 Å². The van der Waals surface area contributed by atoms with E-state index in [2.05, 4.69) is 19.7 Å². The van der Waals surface area contributed by atoms with Crippen LogP contribution in [0.2, 0.25) is 0 Å². The number of carboxylic acids is 1. The third-order valence-electron chi connectivity index (χ3n) is 25.3. The summed E-state index contributed by atoms with van der Waals surface area (Å²) in [5.41, 5.74) is 3.83. The first-order valence-electron chi connectivity index (χ1n) is 44.6. The Morgan fingerprint density at radius 3 is 0.992 bits per heavy atom. The van der Waals surface area contributed by atoms with Crippen molar-refractivity contribution < 1.29 is 123 Å². The maximum atomic E-state index is 13.6. The minimum atomic E-state index is -2.95. The zero-order valence-electron chi connectivity index (χ0n) is 73.4. The molecule has 0 aliphatic heterocycles. The number of phenols is 2. The van der Waals surface area contributed by atoms with Crippen LogP contribution in [0.4, 0.5) is 0 Å². The first kappa shape index (κ1) is 104. The van der Waals surface area contributed by atoms with Crippen molar-refractivity contribution in [3.05, 3.63) is 157 Å². The number of carbonyl (C=O) groups is 11. The topological polar surface area (TPSA) is 391 Å². The van der Waals surface area contributed by atoms with Gasteiger partial charge < -0.3 is 53.2 Å². The fourth-order valence-electron chi connectivity index (χ4n) is 18.3. The van der Waals surface area contributed by atoms with Gasteiger partial charge in [0, 0.05) is 50.9 Å². The van der Waals surface area contributed by atoms with Gasteiger partial charge in [-0.3, -0.25) is 38.4 Å². The molecule has 6 saturated carbocycles. The molecule has 12 rings (SSSR count). The number of aromatic hydroxyl groups is 2. The van der Waals surface area contributed by atoms with E-state index in [1.54, 1.807) is 30.3 Å². The molecule has 7 aliphatic carbocycles. The Balaban J connectivity index is 0.000000285. The van der Waals surface area contributed by atoms with Gasteiger partial charge in [-0.1, -0.05) is 74.3 Å². The third-order valence-corrected chi connectivity index (χ3v) is 26.2. The summed E-state index contributed by atoms with van der Waals surface area (Å²) in [4.78, 5) is 132. The van der Waals surface area contributed by atoms with Gasteiger partial charge in [0.1, 0.15) is 23.0 Å². The van der Waals surface area contributed by atoms with E-state index in [0.717, 1.165) is 205 Å². The molecular weight excluding hydrogens is 1680 g/mol. The Morgan fingerprint density at radius 2 is 0.651 bits per heavy atom. The molecule has 7 aliphatic rings. The SMILES string of the molecule is C=CC(=O)OCCCCOC(=O)C1CCC(C2CCC(C(=O)O)CC2)CC1.C=CC(=O)OCCCCOC(=O)C1CCC(C2CCC(C(=O)Oc3ccc(OC(=O)C4CCC(C5CCC(C(=O)OCCCCOC(=O)C=C)CC5)CC4)c4c(C)cccc34)CC2)CC1.Cc1cccc2c(O)ccc(O)c12.Cc1cccc2c1C(=O)C=CC2=O.O=S(=O)=S(=O)=O.[Na][Na]. The number of hydrogen-bond acceptors (Lipinski definition) is 25. The average Bonchev–Trinajstić information content (AvgIpc) is 0.780. The van der Waals surface area contributed by atoms with Gasteiger partial charge in [0.05, 0.1) is 75.1 Å². The van der Waals surface area contributed by atoms with Crippen LogP contribution in [0.25, 0.3) is 21.5 Å². The minimum absolute atomic E-state index is 0.00444. The van der Waals surface area contributed by atoms with Crippen LogP contribution in [0.5, 0.6) is 23.0 Å². The Kier molecular flexibility index (Phi) is 45.8. The van der Waals surface area contributed by atoms with Gasteiger partial charge in [0.15, 0.2) is 11.6 Å². The summed E-state index contributed by atoms with van der Waals surface area (Å²) in [7, 11) is -5.90. The normalized spacial score (nSPS) is 22.2.